The quantitative estimate of drug-likeness (QED) is 0.630. The summed E-state index contributed by atoms with van der Waals surface area (Å²) in [7, 11) is 0.572. The van der Waals surface area contributed by atoms with Crippen LogP contribution >= 0.6 is 0 Å². The molecule has 0 aliphatic rings. The van der Waals surface area contributed by atoms with Gasteiger partial charge in [-0.3, -0.25) is 0 Å². The highest BCUT2D eigenvalue weighted by Gasteiger charge is 2.15. The molecule has 0 amide bonds. The topological polar surface area (TPSA) is 87.5 Å². The lowest BCUT2D eigenvalue weighted by atomic mass is 10.2. The minimum absolute atomic E-state index is 0.201. The summed E-state index contributed by atoms with van der Waals surface area (Å²) in [4.78, 5) is 2.33. The van der Waals surface area contributed by atoms with E-state index in [-0.39, 0.29) is 10.9 Å². The SMILES string of the molecule is CCNS(=O)(=O)c1ccc(N)c(NC(C)CCN(C)C)c1. The number of hydrogen-bond donors (Lipinski definition) is 3. The summed E-state index contributed by atoms with van der Waals surface area (Å²) in [6.45, 7) is 5.10. The molecule has 0 aliphatic heterocycles. The van der Waals surface area contributed by atoms with E-state index in [9.17, 15) is 8.42 Å². The molecule has 0 saturated carbocycles. The van der Waals surface area contributed by atoms with E-state index >= 15 is 0 Å². The molecule has 0 aromatic heterocycles. The van der Waals surface area contributed by atoms with Gasteiger partial charge in [-0.1, -0.05) is 6.92 Å². The number of nitrogens with one attached hydrogen (secondary N) is 2. The lowest BCUT2D eigenvalue weighted by Crippen LogP contribution is -2.25. The number of nitrogen functional groups attached to an aromatic ring is 1. The molecule has 120 valence electrons. The third-order valence-corrected chi connectivity index (χ3v) is 4.62. The van der Waals surface area contributed by atoms with Gasteiger partial charge in [0.2, 0.25) is 10.0 Å². The van der Waals surface area contributed by atoms with Crippen LogP contribution in [0.2, 0.25) is 0 Å². The van der Waals surface area contributed by atoms with Crippen molar-refractivity contribution in [2.24, 2.45) is 0 Å². The third kappa shape index (κ3) is 5.53. The van der Waals surface area contributed by atoms with Crippen LogP contribution in [0.4, 0.5) is 11.4 Å². The van der Waals surface area contributed by atoms with Crippen molar-refractivity contribution in [3.8, 4) is 0 Å². The van der Waals surface area contributed by atoms with Gasteiger partial charge in [-0.2, -0.15) is 0 Å². The predicted molar refractivity (Wildman–Crippen MR) is 88.0 cm³/mol. The second-order valence-electron chi connectivity index (χ2n) is 5.39. The van der Waals surface area contributed by atoms with Crippen LogP contribution in [0.1, 0.15) is 20.3 Å². The maximum absolute atomic E-state index is 12.0. The third-order valence-electron chi connectivity index (χ3n) is 3.08. The number of hydrogen-bond acceptors (Lipinski definition) is 5. The molecule has 0 aliphatic carbocycles. The molecule has 1 atom stereocenters. The summed E-state index contributed by atoms with van der Waals surface area (Å²) in [6.07, 6.45) is 0.941. The number of sulfonamides is 1. The Balaban J connectivity index is 2.88. The van der Waals surface area contributed by atoms with Crippen molar-refractivity contribution in [2.75, 3.05) is 38.2 Å². The Morgan fingerprint density at radius 2 is 2.00 bits per heavy atom. The second-order valence-corrected chi connectivity index (χ2v) is 7.15. The first kappa shape index (κ1) is 17.7. The van der Waals surface area contributed by atoms with E-state index in [4.69, 9.17) is 5.73 Å². The average Bonchev–Trinajstić information content (AvgIpc) is 2.38. The molecule has 1 rings (SSSR count). The Morgan fingerprint density at radius 3 is 2.57 bits per heavy atom. The highest BCUT2D eigenvalue weighted by Crippen LogP contribution is 2.24. The largest absolute Gasteiger partial charge is 0.397 e. The van der Waals surface area contributed by atoms with Crippen molar-refractivity contribution < 1.29 is 8.42 Å². The number of benzene rings is 1. The zero-order valence-corrected chi connectivity index (χ0v) is 14.0. The fourth-order valence-electron chi connectivity index (χ4n) is 1.89. The summed E-state index contributed by atoms with van der Waals surface area (Å²) in [6, 6.07) is 4.92. The highest BCUT2D eigenvalue weighted by molar-refractivity contribution is 7.89. The van der Waals surface area contributed by atoms with Crippen molar-refractivity contribution >= 4 is 21.4 Å². The van der Waals surface area contributed by atoms with Gasteiger partial charge in [-0.25, -0.2) is 13.1 Å². The van der Waals surface area contributed by atoms with Crippen molar-refractivity contribution in [1.82, 2.24) is 9.62 Å². The Bertz CT molecular complexity index is 558. The standard InChI is InChI=1S/C14H26N4O2S/c1-5-16-21(19,20)12-6-7-13(15)14(10-12)17-11(2)8-9-18(3)4/h6-7,10-11,16-17H,5,8-9,15H2,1-4H3. The van der Waals surface area contributed by atoms with Crippen LogP contribution < -0.4 is 15.8 Å². The monoisotopic (exact) mass is 314 g/mol. The van der Waals surface area contributed by atoms with Crippen LogP contribution in [0.3, 0.4) is 0 Å². The van der Waals surface area contributed by atoms with E-state index in [2.05, 4.69) is 21.9 Å². The van der Waals surface area contributed by atoms with Gasteiger partial charge in [0.25, 0.3) is 0 Å². The minimum Gasteiger partial charge on any atom is -0.397 e. The molecular weight excluding hydrogens is 288 g/mol. The van der Waals surface area contributed by atoms with E-state index in [0.717, 1.165) is 13.0 Å². The smallest absolute Gasteiger partial charge is 0.240 e. The van der Waals surface area contributed by atoms with Gasteiger partial charge < -0.3 is 16.0 Å². The van der Waals surface area contributed by atoms with Crippen LogP contribution in [0.5, 0.6) is 0 Å². The molecule has 0 fully saturated rings. The summed E-state index contributed by atoms with van der Waals surface area (Å²) in [5.74, 6) is 0. The van der Waals surface area contributed by atoms with E-state index in [1.54, 1.807) is 19.1 Å². The van der Waals surface area contributed by atoms with Crippen LogP contribution in [-0.4, -0.2) is 46.5 Å². The first-order chi connectivity index (χ1) is 9.76. The Kier molecular flexibility index (Phi) is 6.44. The van der Waals surface area contributed by atoms with E-state index in [1.807, 2.05) is 14.1 Å². The zero-order valence-electron chi connectivity index (χ0n) is 13.2. The number of nitrogens with zero attached hydrogens (tertiary/aromatic N) is 1. The second kappa shape index (κ2) is 7.63. The number of anilines is 2. The van der Waals surface area contributed by atoms with E-state index in [1.165, 1.54) is 6.07 Å². The molecule has 1 aromatic rings. The highest BCUT2D eigenvalue weighted by atomic mass is 32.2. The van der Waals surface area contributed by atoms with Crippen LogP contribution in [0.25, 0.3) is 0 Å². The normalized spacial score (nSPS) is 13.4. The van der Waals surface area contributed by atoms with Crippen molar-refractivity contribution in [3.05, 3.63) is 18.2 Å². The van der Waals surface area contributed by atoms with Crippen LogP contribution in [0.15, 0.2) is 23.1 Å². The lowest BCUT2D eigenvalue weighted by molar-refractivity contribution is 0.390. The van der Waals surface area contributed by atoms with E-state index in [0.29, 0.717) is 17.9 Å². The fraction of sp³-hybridized carbons (Fsp3) is 0.571. The summed E-state index contributed by atoms with van der Waals surface area (Å²) in [5, 5.41) is 3.28. The first-order valence-electron chi connectivity index (χ1n) is 7.06. The Hall–Kier alpha value is -1.31. The van der Waals surface area contributed by atoms with Crippen LogP contribution in [0, 0.1) is 0 Å². The van der Waals surface area contributed by atoms with Gasteiger partial charge in [-0.15, -0.1) is 0 Å². The van der Waals surface area contributed by atoms with Gasteiger partial charge in [0.15, 0.2) is 0 Å². The van der Waals surface area contributed by atoms with Crippen molar-refractivity contribution in [3.63, 3.8) is 0 Å². The van der Waals surface area contributed by atoms with Gasteiger partial charge >= 0.3 is 0 Å². The number of nitrogens with two attached hydrogens (primary N) is 1. The molecular formula is C14H26N4O2S. The molecule has 0 bridgehead atoms. The molecule has 21 heavy (non-hydrogen) atoms. The van der Waals surface area contributed by atoms with Gasteiger partial charge in [0.05, 0.1) is 16.3 Å². The molecule has 4 N–H and O–H groups in total. The maximum atomic E-state index is 12.0. The molecule has 1 aromatic carbocycles. The average molecular weight is 314 g/mol. The predicted octanol–water partition coefficient (Wildman–Crippen LogP) is 1.32. The summed E-state index contributed by atoms with van der Waals surface area (Å²) < 4.78 is 26.5. The fourth-order valence-corrected chi connectivity index (χ4v) is 2.96. The molecule has 0 spiro atoms. The van der Waals surface area contributed by atoms with Crippen LogP contribution in [-0.2, 0) is 10.0 Å². The Morgan fingerprint density at radius 1 is 1.33 bits per heavy atom. The van der Waals surface area contributed by atoms with Gasteiger partial charge in [0, 0.05) is 12.6 Å². The van der Waals surface area contributed by atoms with E-state index < -0.39 is 10.0 Å². The first-order valence-corrected chi connectivity index (χ1v) is 8.55. The number of rotatable bonds is 8. The van der Waals surface area contributed by atoms with Gasteiger partial charge in [0.1, 0.15) is 0 Å². The van der Waals surface area contributed by atoms with Crippen molar-refractivity contribution in [2.45, 2.75) is 31.2 Å². The molecule has 7 heteroatoms. The Labute approximate surface area is 127 Å². The molecule has 0 saturated heterocycles. The van der Waals surface area contributed by atoms with Crippen molar-refractivity contribution in [1.29, 1.82) is 0 Å². The summed E-state index contributed by atoms with van der Waals surface area (Å²) in [5.41, 5.74) is 7.12. The molecule has 6 nitrogen and oxygen atoms in total. The molecule has 1 unspecified atom stereocenters. The maximum Gasteiger partial charge on any atom is 0.240 e. The molecule has 0 heterocycles. The molecule has 0 radical (unpaired) electrons. The van der Waals surface area contributed by atoms with Gasteiger partial charge in [-0.05, 0) is 52.2 Å². The minimum atomic E-state index is -3.46. The lowest BCUT2D eigenvalue weighted by Gasteiger charge is -2.19. The zero-order chi connectivity index (χ0) is 16.0. The summed E-state index contributed by atoms with van der Waals surface area (Å²) >= 11 is 0.